The van der Waals surface area contributed by atoms with Crippen molar-refractivity contribution >= 4 is 5.91 Å². The van der Waals surface area contributed by atoms with Gasteiger partial charge in [-0.1, -0.05) is 20.8 Å². The average Bonchev–Trinajstić information content (AvgIpc) is 2.52. The minimum absolute atomic E-state index is 0.171. The molecule has 2 fully saturated rings. The lowest BCUT2D eigenvalue weighted by atomic mass is 9.77. The molecule has 3 atom stereocenters. The van der Waals surface area contributed by atoms with Crippen molar-refractivity contribution in [2.45, 2.75) is 65.3 Å². The van der Waals surface area contributed by atoms with Gasteiger partial charge in [-0.15, -0.1) is 0 Å². The quantitative estimate of drug-likeness (QED) is 0.793. The van der Waals surface area contributed by atoms with Crippen LogP contribution in [0.1, 0.15) is 59.3 Å². The van der Waals surface area contributed by atoms with E-state index in [0.717, 1.165) is 45.2 Å². The van der Waals surface area contributed by atoms with Crippen molar-refractivity contribution in [1.82, 2.24) is 4.90 Å². The fourth-order valence-electron chi connectivity index (χ4n) is 3.58. The van der Waals surface area contributed by atoms with Crippen LogP contribution in [0.5, 0.6) is 0 Å². The van der Waals surface area contributed by atoms with Crippen molar-refractivity contribution in [3.8, 4) is 0 Å². The van der Waals surface area contributed by atoms with Gasteiger partial charge in [0, 0.05) is 25.0 Å². The first kappa shape index (κ1) is 14.8. The van der Waals surface area contributed by atoms with Crippen molar-refractivity contribution in [3.63, 3.8) is 0 Å². The molecule has 2 N–H and O–H groups in total. The lowest BCUT2D eigenvalue weighted by Crippen LogP contribution is -2.44. The number of carbonyl (C=O) groups excluding carboxylic acids is 1. The summed E-state index contributed by atoms with van der Waals surface area (Å²) in [6.07, 6.45) is 6.59. The van der Waals surface area contributed by atoms with Crippen LogP contribution in [0.15, 0.2) is 0 Å². The van der Waals surface area contributed by atoms with Crippen molar-refractivity contribution in [1.29, 1.82) is 0 Å². The normalized spacial score (nSPS) is 35.8. The molecule has 1 amide bonds. The Hall–Kier alpha value is -0.570. The van der Waals surface area contributed by atoms with E-state index in [-0.39, 0.29) is 12.0 Å². The van der Waals surface area contributed by atoms with Crippen molar-refractivity contribution < 1.29 is 4.79 Å². The Balaban J connectivity index is 1.98. The summed E-state index contributed by atoms with van der Waals surface area (Å²) >= 11 is 0. The van der Waals surface area contributed by atoms with Crippen molar-refractivity contribution in [2.24, 2.45) is 23.0 Å². The summed E-state index contributed by atoms with van der Waals surface area (Å²) in [7, 11) is 0. The van der Waals surface area contributed by atoms with E-state index in [0.29, 0.717) is 17.2 Å². The Labute approximate surface area is 117 Å². The van der Waals surface area contributed by atoms with E-state index in [1.165, 1.54) is 6.42 Å². The van der Waals surface area contributed by atoms with Crippen LogP contribution < -0.4 is 5.73 Å². The monoisotopic (exact) mass is 266 g/mol. The highest BCUT2D eigenvalue weighted by Crippen LogP contribution is 2.34. The SMILES string of the molecule is CC1CCC(N)CC1C(=O)N1CCCC(C)(C)CC1. The molecule has 19 heavy (non-hydrogen) atoms. The molecule has 1 aliphatic heterocycles. The van der Waals surface area contributed by atoms with E-state index in [9.17, 15) is 4.79 Å². The summed E-state index contributed by atoms with van der Waals surface area (Å²) in [5.41, 5.74) is 6.45. The lowest BCUT2D eigenvalue weighted by molar-refractivity contribution is -0.138. The molecule has 0 aromatic heterocycles. The maximum Gasteiger partial charge on any atom is 0.226 e. The zero-order chi connectivity index (χ0) is 14.0. The Bertz CT molecular complexity index is 327. The van der Waals surface area contributed by atoms with Gasteiger partial charge in [-0.25, -0.2) is 0 Å². The van der Waals surface area contributed by atoms with Gasteiger partial charge in [-0.2, -0.15) is 0 Å². The topological polar surface area (TPSA) is 46.3 Å². The van der Waals surface area contributed by atoms with Gasteiger partial charge in [0.25, 0.3) is 0 Å². The molecule has 2 aliphatic rings. The fraction of sp³-hybridized carbons (Fsp3) is 0.938. The van der Waals surface area contributed by atoms with Crippen molar-refractivity contribution in [2.75, 3.05) is 13.1 Å². The molecule has 0 spiro atoms. The number of carbonyl (C=O) groups is 1. The molecule has 0 radical (unpaired) electrons. The summed E-state index contributed by atoms with van der Waals surface area (Å²) in [5.74, 6) is 1.05. The molecular weight excluding hydrogens is 236 g/mol. The molecule has 1 saturated heterocycles. The zero-order valence-corrected chi connectivity index (χ0v) is 12.8. The van der Waals surface area contributed by atoms with E-state index >= 15 is 0 Å². The Kier molecular flexibility index (Phi) is 4.54. The Morgan fingerprint density at radius 3 is 2.68 bits per heavy atom. The molecule has 1 heterocycles. The summed E-state index contributed by atoms with van der Waals surface area (Å²) in [6, 6.07) is 0.230. The first-order valence-electron chi connectivity index (χ1n) is 7.93. The van der Waals surface area contributed by atoms with Crippen LogP contribution in [-0.4, -0.2) is 29.9 Å². The number of hydrogen-bond donors (Lipinski definition) is 1. The maximum atomic E-state index is 12.7. The first-order valence-corrected chi connectivity index (χ1v) is 7.93. The second-order valence-corrected chi connectivity index (χ2v) is 7.50. The largest absolute Gasteiger partial charge is 0.342 e. The van der Waals surface area contributed by atoms with E-state index in [4.69, 9.17) is 5.73 Å². The predicted octanol–water partition coefficient (Wildman–Crippen LogP) is 2.79. The van der Waals surface area contributed by atoms with Crippen LogP contribution in [0.3, 0.4) is 0 Å². The summed E-state index contributed by atoms with van der Waals surface area (Å²) in [5, 5.41) is 0. The smallest absolute Gasteiger partial charge is 0.226 e. The molecule has 110 valence electrons. The van der Waals surface area contributed by atoms with Crippen LogP contribution in [0.25, 0.3) is 0 Å². The second-order valence-electron chi connectivity index (χ2n) is 7.50. The minimum atomic E-state index is 0.171. The Morgan fingerprint density at radius 2 is 1.95 bits per heavy atom. The van der Waals surface area contributed by atoms with Crippen LogP contribution in [0, 0.1) is 17.3 Å². The highest BCUT2D eigenvalue weighted by molar-refractivity contribution is 5.79. The number of nitrogens with zero attached hydrogens (tertiary/aromatic N) is 1. The second kappa shape index (κ2) is 5.82. The van der Waals surface area contributed by atoms with Gasteiger partial charge in [-0.05, 0) is 49.9 Å². The van der Waals surface area contributed by atoms with Crippen LogP contribution >= 0.6 is 0 Å². The van der Waals surface area contributed by atoms with E-state index in [2.05, 4.69) is 25.7 Å². The van der Waals surface area contributed by atoms with Gasteiger partial charge in [0.2, 0.25) is 5.91 Å². The van der Waals surface area contributed by atoms with Crippen molar-refractivity contribution in [3.05, 3.63) is 0 Å². The van der Waals surface area contributed by atoms with E-state index in [1.54, 1.807) is 0 Å². The van der Waals surface area contributed by atoms with Gasteiger partial charge in [0.15, 0.2) is 0 Å². The van der Waals surface area contributed by atoms with Gasteiger partial charge in [0.1, 0.15) is 0 Å². The minimum Gasteiger partial charge on any atom is -0.342 e. The number of likely N-dealkylation sites (tertiary alicyclic amines) is 1. The standard InChI is InChI=1S/C16H30N2O/c1-12-5-6-13(17)11-14(12)15(19)18-9-4-7-16(2,3)8-10-18/h12-14H,4-11,17H2,1-3H3. The number of amides is 1. The molecule has 1 saturated carbocycles. The van der Waals surface area contributed by atoms with Gasteiger partial charge < -0.3 is 10.6 Å². The highest BCUT2D eigenvalue weighted by atomic mass is 16.2. The van der Waals surface area contributed by atoms with Crippen LogP contribution in [0.4, 0.5) is 0 Å². The fourth-order valence-corrected chi connectivity index (χ4v) is 3.58. The van der Waals surface area contributed by atoms with Gasteiger partial charge in [0.05, 0.1) is 0 Å². The molecule has 3 nitrogen and oxygen atoms in total. The zero-order valence-electron chi connectivity index (χ0n) is 12.8. The molecule has 0 aromatic carbocycles. The third-order valence-corrected chi connectivity index (χ3v) is 5.21. The predicted molar refractivity (Wildman–Crippen MR) is 78.7 cm³/mol. The summed E-state index contributed by atoms with van der Waals surface area (Å²) in [4.78, 5) is 14.9. The van der Waals surface area contributed by atoms with Crippen LogP contribution in [-0.2, 0) is 4.79 Å². The van der Waals surface area contributed by atoms with Crippen LogP contribution in [0.2, 0.25) is 0 Å². The van der Waals surface area contributed by atoms with E-state index < -0.39 is 0 Å². The van der Waals surface area contributed by atoms with Gasteiger partial charge in [-0.3, -0.25) is 4.79 Å². The summed E-state index contributed by atoms with van der Waals surface area (Å²) < 4.78 is 0. The number of hydrogen-bond acceptors (Lipinski definition) is 2. The highest BCUT2D eigenvalue weighted by Gasteiger charge is 2.35. The van der Waals surface area contributed by atoms with E-state index in [1.807, 2.05) is 0 Å². The maximum absolute atomic E-state index is 12.7. The third kappa shape index (κ3) is 3.71. The molecular formula is C16H30N2O. The lowest BCUT2D eigenvalue weighted by Gasteiger charge is -2.35. The molecule has 0 bridgehead atoms. The van der Waals surface area contributed by atoms with Gasteiger partial charge >= 0.3 is 0 Å². The molecule has 2 rings (SSSR count). The average molecular weight is 266 g/mol. The molecule has 0 aromatic rings. The number of nitrogens with two attached hydrogens (primary N) is 1. The molecule has 3 unspecified atom stereocenters. The molecule has 1 aliphatic carbocycles. The Morgan fingerprint density at radius 1 is 1.21 bits per heavy atom. The number of rotatable bonds is 1. The summed E-state index contributed by atoms with van der Waals surface area (Å²) in [6.45, 7) is 8.74. The molecule has 3 heteroatoms. The first-order chi connectivity index (χ1) is 8.89. The third-order valence-electron chi connectivity index (χ3n) is 5.21.